The highest BCUT2D eigenvalue weighted by Gasteiger charge is 2.17. The molecule has 0 amide bonds. The lowest BCUT2D eigenvalue weighted by Gasteiger charge is -2.14. The molecular formula is C13H16BrNO3. The van der Waals surface area contributed by atoms with Crippen LogP contribution in [0.3, 0.4) is 0 Å². The summed E-state index contributed by atoms with van der Waals surface area (Å²) in [6.45, 7) is 1.61. The van der Waals surface area contributed by atoms with Crippen molar-refractivity contribution in [2.75, 3.05) is 20.3 Å². The molecule has 5 heteroatoms. The van der Waals surface area contributed by atoms with Gasteiger partial charge < -0.3 is 14.8 Å². The zero-order valence-corrected chi connectivity index (χ0v) is 11.8. The van der Waals surface area contributed by atoms with Gasteiger partial charge in [0.2, 0.25) is 0 Å². The molecule has 1 heterocycles. The molecule has 1 fully saturated rings. The van der Waals surface area contributed by atoms with Gasteiger partial charge >= 0.3 is 5.97 Å². The summed E-state index contributed by atoms with van der Waals surface area (Å²) >= 11 is 3.37. The molecule has 0 radical (unpaired) electrons. The lowest BCUT2D eigenvalue weighted by molar-refractivity contribution is 0.0595. The van der Waals surface area contributed by atoms with Crippen LogP contribution in [0.2, 0.25) is 0 Å². The number of esters is 1. The maximum atomic E-state index is 11.6. The molecule has 98 valence electrons. The van der Waals surface area contributed by atoms with Crippen molar-refractivity contribution < 1.29 is 14.3 Å². The van der Waals surface area contributed by atoms with E-state index < -0.39 is 0 Å². The van der Waals surface area contributed by atoms with Gasteiger partial charge in [-0.05, 0) is 37.6 Å². The molecule has 1 aromatic carbocycles. The van der Waals surface area contributed by atoms with E-state index >= 15 is 0 Å². The summed E-state index contributed by atoms with van der Waals surface area (Å²) in [4.78, 5) is 11.6. The molecule has 1 atom stereocenters. The third-order valence-corrected chi connectivity index (χ3v) is 3.44. The van der Waals surface area contributed by atoms with Crippen LogP contribution in [-0.4, -0.2) is 32.3 Å². The maximum absolute atomic E-state index is 11.6. The first kappa shape index (κ1) is 13.4. The number of hydrogen-bond acceptors (Lipinski definition) is 4. The minimum atomic E-state index is -0.378. The molecule has 0 aliphatic carbocycles. The normalized spacial score (nSPS) is 18.7. The zero-order valence-electron chi connectivity index (χ0n) is 10.2. The molecule has 0 aromatic heterocycles. The number of carbonyl (C=O) groups is 1. The summed E-state index contributed by atoms with van der Waals surface area (Å²) < 4.78 is 11.3. The van der Waals surface area contributed by atoms with Crippen LogP contribution >= 0.6 is 15.9 Å². The molecule has 1 N–H and O–H groups in total. The average molecular weight is 314 g/mol. The Balaban J connectivity index is 2.08. The van der Waals surface area contributed by atoms with Crippen LogP contribution in [0.5, 0.6) is 5.75 Å². The number of nitrogens with one attached hydrogen (secondary N) is 1. The first-order valence-electron chi connectivity index (χ1n) is 5.95. The average Bonchev–Trinajstić information content (AvgIpc) is 2.88. The molecule has 1 aliphatic rings. The fraction of sp³-hybridized carbons (Fsp3) is 0.462. The lowest BCUT2D eigenvalue weighted by atomic mass is 10.2. The van der Waals surface area contributed by atoms with Crippen molar-refractivity contribution in [1.29, 1.82) is 0 Å². The summed E-state index contributed by atoms with van der Waals surface area (Å²) in [6.07, 6.45) is 2.29. The summed E-state index contributed by atoms with van der Waals surface area (Å²) in [5, 5.41) is 3.35. The number of benzene rings is 1. The Morgan fingerprint density at radius 2 is 2.39 bits per heavy atom. The smallest absolute Gasteiger partial charge is 0.341 e. The fourth-order valence-corrected chi connectivity index (χ4v) is 2.32. The number of halogens is 1. The van der Waals surface area contributed by atoms with Crippen molar-refractivity contribution in [2.24, 2.45) is 0 Å². The van der Waals surface area contributed by atoms with E-state index in [1.54, 1.807) is 18.2 Å². The minimum absolute atomic E-state index is 0.370. The van der Waals surface area contributed by atoms with E-state index in [1.165, 1.54) is 13.5 Å². The second-order valence-corrected chi connectivity index (χ2v) is 5.15. The highest BCUT2D eigenvalue weighted by molar-refractivity contribution is 9.10. The minimum Gasteiger partial charge on any atom is -0.491 e. The fourth-order valence-electron chi connectivity index (χ4n) is 1.98. The Kier molecular flexibility index (Phi) is 4.60. The van der Waals surface area contributed by atoms with Crippen LogP contribution in [0.15, 0.2) is 22.7 Å². The van der Waals surface area contributed by atoms with Gasteiger partial charge in [-0.3, -0.25) is 0 Å². The van der Waals surface area contributed by atoms with Crippen LogP contribution in [0, 0.1) is 0 Å². The van der Waals surface area contributed by atoms with Crippen molar-refractivity contribution >= 4 is 21.9 Å². The van der Waals surface area contributed by atoms with Crippen molar-refractivity contribution in [3.05, 3.63) is 28.2 Å². The largest absolute Gasteiger partial charge is 0.491 e. The van der Waals surface area contributed by atoms with E-state index in [0.29, 0.717) is 24.0 Å². The predicted octanol–water partition coefficient (Wildman–Crippen LogP) is 2.37. The quantitative estimate of drug-likeness (QED) is 0.867. The van der Waals surface area contributed by atoms with Gasteiger partial charge in [-0.2, -0.15) is 0 Å². The van der Waals surface area contributed by atoms with Crippen LogP contribution in [0.4, 0.5) is 0 Å². The summed E-state index contributed by atoms with van der Waals surface area (Å²) in [5.41, 5.74) is 0.457. The van der Waals surface area contributed by atoms with Crippen molar-refractivity contribution in [2.45, 2.75) is 18.9 Å². The van der Waals surface area contributed by atoms with Crippen molar-refractivity contribution in [3.8, 4) is 5.75 Å². The summed E-state index contributed by atoms with van der Waals surface area (Å²) in [6, 6.07) is 5.66. The number of rotatable bonds is 4. The third kappa shape index (κ3) is 3.23. The summed E-state index contributed by atoms with van der Waals surface area (Å²) in [7, 11) is 1.37. The molecule has 0 unspecified atom stereocenters. The van der Waals surface area contributed by atoms with Crippen LogP contribution in [0.1, 0.15) is 23.2 Å². The monoisotopic (exact) mass is 313 g/mol. The molecule has 4 nitrogen and oxygen atoms in total. The maximum Gasteiger partial charge on any atom is 0.341 e. The van der Waals surface area contributed by atoms with Gasteiger partial charge in [-0.15, -0.1) is 0 Å². The van der Waals surface area contributed by atoms with Gasteiger partial charge in [0.05, 0.1) is 7.11 Å². The van der Waals surface area contributed by atoms with E-state index in [4.69, 9.17) is 9.47 Å². The Morgan fingerprint density at radius 1 is 1.56 bits per heavy atom. The topological polar surface area (TPSA) is 47.6 Å². The van der Waals surface area contributed by atoms with Crippen LogP contribution in [0.25, 0.3) is 0 Å². The molecule has 1 saturated heterocycles. The van der Waals surface area contributed by atoms with Crippen LogP contribution < -0.4 is 10.1 Å². The van der Waals surface area contributed by atoms with E-state index in [-0.39, 0.29) is 5.97 Å². The van der Waals surface area contributed by atoms with Gasteiger partial charge in [0.25, 0.3) is 0 Å². The second kappa shape index (κ2) is 6.20. The van der Waals surface area contributed by atoms with Crippen molar-refractivity contribution in [1.82, 2.24) is 5.32 Å². The van der Waals surface area contributed by atoms with Crippen LogP contribution in [-0.2, 0) is 4.74 Å². The van der Waals surface area contributed by atoms with Crippen molar-refractivity contribution in [3.63, 3.8) is 0 Å². The highest BCUT2D eigenvalue weighted by Crippen LogP contribution is 2.25. The van der Waals surface area contributed by atoms with E-state index in [9.17, 15) is 4.79 Å². The Morgan fingerprint density at radius 3 is 3.06 bits per heavy atom. The SMILES string of the molecule is COC(=O)c1ccc(Br)cc1OC[C@@H]1CCCN1. The first-order valence-corrected chi connectivity index (χ1v) is 6.74. The number of hydrogen-bond donors (Lipinski definition) is 1. The Bertz CT molecular complexity index is 430. The molecule has 0 saturated carbocycles. The number of methoxy groups -OCH3 is 1. The molecule has 1 aliphatic heterocycles. The Labute approximate surface area is 115 Å². The molecule has 18 heavy (non-hydrogen) atoms. The van der Waals surface area contributed by atoms with Gasteiger partial charge in [-0.1, -0.05) is 15.9 Å². The molecule has 0 bridgehead atoms. The summed E-state index contributed by atoms with van der Waals surface area (Å²) in [5.74, 6) is 0.182. The van der Waals surface area contributed by atoms with E-state index in [1.807, 2.05) is 0 Å². The third-order valence-electron chi connectivity index (χ3n) is 2.95. The number of carbonyl (C=O) groups excluding carboxylic acids is 1. The first-order chi connectivity index (χ1) is 8.70. The molecule has 2 rings (SSSR count). The Hall–Kier alpha value is -1.07. The second-order valence-electron chi connectivity index (χ2n) is 4.24. The predicted molar refractivity (Wildman–Crippen MR) is 72.0 cm³/mol. The van der Waals surface area contributed by atoms with Gasteiger partial charge in [0.1, 0.15) is 17.9 Å². The molecular weight excluding hydrogens is 298 g/mol. The standard InChI is InChI=1S/C13H16BrNO3/c1-17-13(16)11-5-4-9(14)7-12(11)18-8-10-3-2-6-15-10/h4-5,7,10,15H,2-3,6,8H2,1H3/t10-/m0/s1. The van der Waals surface area contributed by atoms with E-state index in [0.717, 1.165) is 17.4 Å². The van der Waals surface area contributed by atoms with Gasteiger partial charge in [0.15, 0.2) is 0 Å². The van der Waals surface area contributed by atoms with Gasteiger partial charge in [0, 0.05) is 10.5 Å². The van der Waals surface area contributed by atoms with Gasteiger partial charge in [-0.25, -0.2) is 4.79 Å². The lowest BCUT2D eigenvalue weighted by Crippen LogP contribution is -2.28. The zero-order chi connectivity index (χ0) is 13.0. The number of ether oxygens (including phenoxy) is 2. The molecule has 0 spiro atoms. The molecule has 1 aromatic rings. The highest BCUT2D eigenvalue weighted by atomic mass is 79.9. The van der Waals surface area contributed by atoms with E-state index in [2.05, 4.69) is 21.2 Å².